The molecule has 0 aliphatic carbocycles. The van der Waals surface area contributed by atoms with Gasteiger partial charge >= 0.3 is 0 Å². The smallest absolute Gasteiger partial charge is 0.255 e. The minimum atomic E-state index is -0.0881. The molecule has 1 aromatic heterocycles. The summed E-state index contributed by atoms with van der Waals surface area (Å²) >= 11 is 0. The van der Waals surface area contributed by atoms with Crippen LogP contribution in [0, 0.1) is 12.8 Å². The molecule has 0 fully saturated rings. The predicted molar refractivity (Wildman–Crippen MR) is 127 cm³/mol. The molecule has 1 amide bonds. The molecule has 3 nitrogen and oxygen atoms in total. The number of aromatic nitrogens is 1. The van der Waals surface area contributed by atoms with E-state index in [0.29, 0.717) is 5.92 Å². The fourth-order valence-corrected chi connectivity index (χ4v) is 4.70. The van der Waals surface area contributed by atoms with Crippen molar-refractivity contribution in [3.8, 4) is 11.3 Å². The van der Waals surface area contributed by atoms with Crippen molar-refractivity contribution in [2.24, 2.45) is 5.92 Å². The lowest BCUT2D eigenvalue weighted by atomic mass is 9.93. The molecule has 0 unspecified atom stereocenters. The van der Waals surface area contributed by atoms with Gasteiger partial charge in [-0.2, -0.15) is 0 Å². The van der Waals surface area contributed by atoms with E-state index in [9.17, 15) is 4.79 Å². The number of hydrogen-bond acceptors (Lipinski definition) is 1. The quantitative estimate of drug-likeness (QED) is 0.390. The summed E-state index contributed by atoms with van der Waals surface area (Å²) in [7, 11) is 0. The normalized spacial score (nSPS) is 15.8. The molecule has 156 valence electrons. The number of rotatable bonds is 5. The van der Waals surface area contributed by atoms with Gasteiger partial charge in [-0.3, -0.25) is 4.79 Å². The maximum Gasteiger partial charge on any atom is 0.255 e. The predicted octanol–water partition coefficient (Wildman–Crippen LogP) is 6.73. The molecule has 3 heteroatoms. The third kappa shape index (κ3) is 3.34. The van der Waals surface area contributed by atoms with Gasteiger partial charge in [0.15, 0.2) is 0 Å². The molecule has 5 rings (SSSR count). The monoisotopic (exact) mass is 408 g/mol. The molecule has 0 bridgehead atoms. The first-order valence-electron chi connectivity index (χ1n) is 11.1. The van der Waals surface area contributed by atoms with E-state index in [1.807, 2.05) is 18.2 Å². The molecular weight excluding hydrogens is 380 g/mol. The Balaban J connectivity index is 1.75. The van der Waals surface area contributed by atoms with E-state index in [4.69, 9.17) is 0 Å². The number of para-hydroxylation sites is 1. The number of carbonyl (C=O) groups excluding carboxylic acids is 1. The van der Waals surface area contributed by atoms with Gasteiger partial charge in [0, 0.05) is 28.6 Å². The second-order valence-electron chi connectivity index (χ2n) is 9.00. The van der Waals surface area contributed by atoms with Crippen LogP contribution in [-0.4, -0.2) is 22.3 Å². The summed E-state index contributed by atoms with van der Waals surface area (Å²) in [5.74, 6) is 0.679. The van der Waals surface area contributed by atoms with Gasteiger partial charge in [-0.1, -0.05) is 80.1 Å². The number of benzene rings is 3. The fraction of sp³-hybridized carbons (Fsp3) is 0.250. The van der Waals surface area contributed by atoms with Gasteiger partial charge in [0.1, 0.15) is 0 Å². The van der Waals surface area contributed by atoms with E-state index in [0.717, 1.165) is 40.9 Å². The Hall–Kier alpha value is -3.33. The fourth-order valence-electron chi connectivity index (χ4n) is 4.70. The van der Waals surface area contributed by atoms with Crippen LogP contribution in [0.15, 0.2) is 72.8 Å². The highest BCUT2D eigenvalue weighted by atomic mass is 16.2. The Bertz CT molecular complexity index is 1250. The highest BCUT2D eigenvalue weighted by Gasteiger charge is 2.39. The number of nitrogens with one attached hydrogen (secondary N) is 1. The first-order chi connectivity index (χ1) is 15.0. The lowest BCUT2D eigenvalue weighted by Crippen LogP contribution is -2.30. The molecule has 1 aliphatic heterocycles. The maximum absolute atomic E-state index is 13.5. The molecule has 1 atom stereocenters. The van der Waals surface area contributed by atoms with Crippen LogP contribution in [0.4, 0.5) is 0 Å². The van der Waals surface area contributed by atoms with Gasteiger partial charge in [-0.15, -0.1) is 0 Å². The van der Waals surface area contributed by atoms with Crippen LogP contribution in [0.3, 0.4) is 0 Å². The number of nitrogens with zero attached hydrogens (tertiary/aromatic N) is 1. The Kier molecular flexibility index (Phi) is 4.90. The van der Waals surface area contributed by atoms with Crippen LogP contribution in [0.25, 0.3) is 22.2 Å². The minimum absolute atomic E-state index is 0.0881. The molecule has 0 saturated heterocycles. The zero-order valence-corrected chi connectivity index (χ0v) is 18.4. The molecule has 31 heavy (non-hydrogen) atoms. The number of aromatic amines is 1. The van der Waals surface area contributed by atoms with E-state index >= 15 is 0 Å². The SMILES string of the molecule is Cc1ccc(-c2[nH]c3ccccc3c2[C@H]2c3ccccc3C(=O)N2CCC(C)C)cc1. The molecule has 3 aromatic carbocycles. The van der Waals surface area contributed by atoms with Gasteiger partial charge in [0.05, 0.1) is 11.7 Å². The molecular formula is C28H28N2O. The molecule has 1 N–H and O–H groups in total. The number of hydrogen-bond donors (Lipinski definition) is 1. The Morgan fingerprint density at radius 3 is 2.42 bits per heavy atom. The molecule has 0 radical (unpaired) electrons. The van der Waals surface area contributed by atoms with Crippen LogP contribution in [-0.2, 0) is 0 Å². The molecule has 0 saturated carbocycles. The summed E-state index contributed by atoms with van der Waals surface area (Å²) in [6, 6.07) is 25.1. The van der Waals surface area contributed by atoms with Gasteiger partial charge in [0.2, 0.25) is 0 Å². The Morgan fingerprint density at radius 2 is 1.65 bits per heavy atom. The van der Waals surface area contributed by atoms with Crippen LogP contribution < -0.4 is 0 Å². The standard InChI is InChI=1S/C28H28N2O/c1-18(2)16-17-30-27(21-8-4-5-9-22(21)28(30)31)25-23-10-6-7-11-24(23)29-26(25)20-14-12-19(3)13-15-20/h4-15,18,27,29H,16-17H2,1-3H3/t27-/m1/s1. The summed E-state index contributed by atoms with van der Waals surface area (Å²) in [5, 5.41) is 1.18. The van der Waals surface area contributed by atoms with Crippen LogP contribution >= 0.6 is 0 Å². The van der Waals surface area contributed by atoms with E-state index < -0.39 is 0 Å². The number of fused-ring (bicyclic) bond motifs is 2. The second-order valence-corrected chi connectivity index (χ2v) is 9.00. The number of carbonyl (C=O) groups is 1. The zero-order chi connectivity index (χ0) is 21.5. The Labute approximate surface area is 183 Å². The van der Waals surface area contributed by atoms with Crippen molar-refractivity contribution in [1.82, 2.24) is 9.88 Å². The van der Waals surface area contributed by atoms with Crippen molar-refractivity contribution in [3.63, 3.8) is 0 Å². The highest BCUT2D eigenvalue weighted by molar-refractivity contribution is 6.02. The van der Waals surface area contributed by atoms with Crippen molar-refractivity contribution < 1.29 is 4.79 Å². The van der Waals surface area contributed by atoms with Crippen molar-refractivity contribution in [3.05, 3.63) is 95.1 Å². The van der Waals surface area contributed by atoms with Gasteiger partial charge in [0.25, 0.3) is 5.91 Å². The summed E-state index contributed by atoms with van der Waals surface area (Å²) in [5.41, 5.74) is 7.73. The number of H-pyrrole nitrogens is 1. The van der Waals surface area contributed by atoms with Crippen molar-refractivity contribution in [1.29, 1.82) is 0 Å². The summed E-state index contributed by atoms with van der Waals surface area (Å²) < 4.78 is 0. The number of aryl methyl sites for hydroxylation is 1. The first kappa shape index (κ1) is 19.6. The van der Waals surface area contributed by atoms with Crippen LogP contribution in [0.1, 0.15) is 53.4 Å². The summed E-state index contributed by atoms with van der Waals surface area (Å²) in [4.78, 5) is 19.2. The lowest BCUT2D eigenvalue weighted by molar-refractivity contribution is 0.0743. The van der Waals surface area contributed by atoms with E-state index in [1.165, 1.54) is 16.5 Å². The maximum atomic E-state index is 13.5. The zero-order valence-electron chi connectivity index (χ0n) is 18.4. The van der Waals surface area contributed by atoms with Crippen LogP contribution in [0.5, 0.6) is 0 Å². The third-order valence-electron chi connectivity index (χ3n) is 6.37. The van der Waals surface area contributed by atoms with Crippen molar-refractivity contribution >= 4 is 16.8 Å². The topological polar surface area (TPSA) is 36.1 Å². The van der Waals surface area contributed by atoms with Gasteiger partial charge in [-0.05, 0) is 42.5 Å². The second kappa shape index (κ2) is 7.73. The van der Waals surface area contributed by atoms with E-state index in [-0.39, 0.29) is 11.9 Å². The summed E-state index contributed by atoms with van der Waals surface area (Å²) in [6.07, 6.45) is 0.985. The lowest BCUT2D eigenvalue weighted by Gasteiger charge is -2.27. The molecule has 2 heterocycles. The van der Waals surface area contributed by atoms with Gasteiger partial charge in [-0.25, -0.2) is 0 Å². The molecule has 1 aliphatic rings. The van der Waals surface area contributed by atoms with Gasteiger partial charge < -0.3 is 9.88 Å². The largest absolute Gasteiger partial charge is 0.354 e. The first-order valence-corrected chi connectivity index (χ1v) is 11.1. The van der Waals surface area contributed by atoms with Crippen LogP contribution in [0.2, 0.25) is 0 Å². The highest BCUT2D eigenvalue weighted by Crippen LogP contribution is 2.45. The number of amides is 1. The average molecular weight is 409 g/mol. The Morgan fingerprint density at radius 1 is 0.935 bits per heavy atom. The molecule has 4 aromatic rings. The summed E-state index contributed by atoms with van der Waals surface area (Å²) in [6.45, 7) is 7.29. The average Bonchev–Trinajstić information content (AvgIpc) is 3.28. The van der Waals surface area contributed by atoms with Crippen molar-refractivity contribution in [2.45, 2.75) is 33.2 Å². The van der Waals surface area contributed by atoms with E-state index in [1.54, 1.807) is 0 Å². The minimum Gasteiger partial charge on any atom is -0.354 e. The van der Waals surface area contributed by atoms with E-state index in [2.05, 4.69) is 85.3 Å². The van der Waals surface area contributed by atoms with Crippen molar-refractivity contribution in [2.75, 3.05) is 6.54 Å². The third-order valence-corrected chi connectivity index (χ3v) is 6.37. The molecule has 0 spiro atoms.